The van der Waals surface area contributed by atoms with Crippen LogP contribution in [0.4, 0.5) is 14.9 Å². The Morgan fingerprint density at radius 1 is 1.53 bits per heavy atom. The molecule has 1 aromatic rings. The molecule has 1 fully saturated rings. The summed E-state index contributed by atoms with van der Waals surface area (Å²) >= 11 is 0. The van der Waals surface area contributed by atoms with E-state index in [4.69, 9.17) is 0 Å². The predicted octanol–water partition coefficient (Wildman–Crippen LogP) is 1.57. The summed E-state index contributed by atoms with van der Waals surface area (Å²) in [6.07, 6.45) is 0. The maximum atomic E-state index is 13.0. The monoisotopic (exact) mass is 237 g/mol. The lowest BCUT2D eigenvalue weighted by molar-refractivity contribution is 0.219. The van der Waals surface area contributed by atoms with Crippen LogP contribution < -0.4 is 10.6 Å². The fraction of sp³-hybridized carbons (Fsp3) is 0.417. The van der Waals surface area contributed by atoms with Crippen LogP contribution in [0.2, 0.25) is 0 Å². The van der Waals surface area contributed by atoms with Crippen LogP contribution in [0.5, 0.6) is 0 Å². The number of nitrogens with zero attached hydrogens (tertiary/aromatic N) is 1. The summed E-state index contributed by atoms with van der Waals surface area (Å²) in [6.45, 7) is 4.52. The molecule has 0 radical (unpaired) electrons. The largest absolute Gasteiger partial charge is 0.383 e. The fourth-order valence-electron chi connectivity index (χ4n) is 1.81. The van der Waals surface area contributed by atoms with Crippen LogP contribution in [-0.2, 0) is 0 Å². The Kier molecular flexibility index (Phi) is 3.46. The highest BCUT2D eigenvalue weighted by atomic mass is 19.1. The van der Waals surface area contributed by atoms with Gasteiger partial charge in [0.2, 0.25) is 0 Å². The molecule has 0 bridgehead atoms. The number of urea groups is 1. The Morgan fingerprint density at radius 3 is 3.00 bits per heavy atom. The van der Waals surface area contributed by atoms with Gasteiger partial charge in [-0.15, -0.1) is 0 Å². The van der Waals surface area contributed by atoms with E-state index in [2.05, 4.69) is 10.6 Å². The number of carbonyl (C=O) groups is 1. The molecule has 0 aromatic heterocycles. The van der Waals surface area contributed by atoms with Crippen LogP contribution in [0, 0.1) is 12.7 Å². The molecule has 2 rings (SSSR count). The SMILES string of the molecule is Cc1cc(NCCN2CCNC2=O)ccc1F. The van der Waals surface area contributed by atoms with Gasteiger partial charge in [0.25, 0.3) is 0 Å². The van der Waals surface area contributed by atoms with E-state index in [1.807, 2.05) is 0 Å². The first-order valence-corrected chi connectivity index (χ1v) is 5.69. The summed E-state index contributed by atoms with van der Waals surface area (Å²) in [7, 11) is 0. The molecule has 1 aromatic carbocycles. The number of amides is 2. The minimum atomic E-state index is -0.200. The van der Waals surface area contributed by atoms with E-state index in [9.17, 15) is 9.18 Å². The van der Waals surface area contributed by atoms with E-state index < -0.39 is 0 Å². The number of benzene rings is 1. The van der Waals surface area contributed by atoms with Crippen LogP contribution in [0.3, 0.4) is 0 Å². The van der Waals surface area contributed by atoms with Crippen molar-refractivity contribution in [3.05, 3.63) is 29.6 Å². The van der Waals surface area contributed by atoms with Crippen LogP contribution in [0.15, 0.2) is 18.2 Å². The maximum absolute atomic E-state index is 13.0. The number of nitrogens with one attached hydrogen (secondary N) is 2. The Morgan fingerprint density at radius 2 is 2.35 bits per heavy atom. The third kappa shape index (κ3) is 2.87. The third-order valence-corrected chi connectivity index (χ3v) is 2.81. The van der Waals surface area contributed by atoms with Crippen molar-refractivity contribution in [3.8, 4) is 0 Å². The molecule has 1 aliphatic heterocycles. The van der Waals surface area contributed by atoms with E-state index >= 15 is 0 Å². The molecule has 4 nitrogen and oxygen atoms in total. The lowest BCUT2D eigenvalue weighted by Crippen LogP contribution is -2.32. The minimum Gasteiger partial charge on any atom is -0.383 e. The third-order valence-electron chi connectivity index (χ3n) is 2.81. The van der Waals surface area contributed by atoms with Crippen molar-refractivity contribution in [2.75, 3.05) is 31.5 Å². The van der Waals surface area contributed by atoms with Crippen molar-refractivity contribution in [2.45, 2.75) is 6.92 Å². The molecule has 1 aliphatic rings. The molecule has 2 amide bonds. The summed E-state index contributed by atoms with van der Waals surface area (Å²) in [4.78, 5) is 13.0. The molecule has 0 spiro atoms. The van der Waals surface area contributed by atoms with E-state index in [1.54, 1.807) is 24.0 Å². The smallest absolute Gasteiger partial charge is 0.317 e. The number of halogens is 1. The zero-order valence-electron chi connectivity index (χ0n) is 9.79. The van der Waals surface area contributed by atoms with Crippen molar-refractivity contribution >= 4 is 11.7 Å². The van der Waals surface area contributed by atoms with Crippen molar-refractivity contribution in [3.63, 3.8) is 0 Å². The van der Waals surface area contributed by atoms with Crippen LogP contribution >= 0.6 is 0 Å². The normalized spacial score (nSPS) is 14.9. The highest BCUT2D eigenvalue weighted by molar-refractivity contribution is 5.76. The Hall–Kier alpha value is -1.78. The molecule has 5 heteroatoms. The Bertz CT molecular complexity index is 422. The van der Waals surface area contributed by atoms with Crippen molar-refractivity contribution in [1.82, 2.24) is 10.2 Å². The number of hydrogen-bond donors (Lipinski definition) is 2. The molecular weight excluding hydrogens is 221 g/mol. The van der Waals surface area contributed by atoms with Crippen molar-refractivity contribution < 1.29 is 9.18 Å². The highest BCUT2D eigenvalue weighted by Gasteiger charge is 2.18. The van der Waals surface area contributed by atoms with Gasteiger partial charge in [0, 0.05) is 31.9 Å². The standard InChI is InChI=1S/C12H16FN3O/c1-9-8-10(2-3-11(9)13)14-4-6-16-7-5-15-12(16)17/h2-3,8,14H,4-7H2,1H3,(H,15,17). The second-order valence-corrected chi connectivity index (χ2v) is 4.11. The number of aryl methyl sites for hydroxylation is 1. The van der Waals surface area contributed by atoms with Crippen LogP contribution in [-0.4, -0.2) is 37.1 Å². The van der Waals surface area contributed by atoms with E-state index in [0.717, 1.165) is 12.2 Å². The first-order valence-electron chi connectivity index (χ1n) is 5.69. The summed E-state index contributed by atoms with van der Waals surface area (Å²) in [5, 5.41) is 5.92. The maximum Gasteiger partial charge on any atom is 0.317 e. The topological polar surface area (TPSA) is 44.4 Å². The molecule has 0 atom stereocenters. The molecule has 17 heavy (non-hydrogen) atoms. The van der Waals surface area contributed by atoms with Crippen LogP contribution in [0.1, 0.15) is 5.56 Å². The molecule has 0 unspecified atom stereocenters. The van der Waals surface area contributed by atoms with Gasteiger partial charge < -0.3 is 15.5 Å². The number of anilines is 1. The highest BCUT2D eigenvalue weighted by Crippen LogP contribution is 2.13. The van der Waals surface area contributed by atoms with E-state index in [0.29, 0.717) is 25.2 Å². The Balaban J connectivity index is 1.81. The molecule has 92 valence electrons. The van der Waals surface area contributed by atoms with Gasteiger partial charge in [-0.2, -0.15) is 0 Å². The van der Waals surface area contributed by atoms with Gasteiger partial charge in [-0.25, -0.2) is 9.18 Å². The predicted molar refractivity (Wildman–Crippen MR) is 64.6 cm³/mol. The van der Waals surface area contributed by atoms with E-state index in [-0.39, 0.29) is 11.8 Å². The summed E-state index contributed by atoms with van der Waals surface area (Å²) in [5.74, 6) is -0.200. The van der Waals surface area contributed by atoms with Gasteiger partial charge in [-0.05, 0) is 30.7 Å². The number of hydrogen-bond acceptors (Lipinski definition) is 2. The first kappa shape index (κ1) is 11.7. The Labute approximate surface area is 99.8 Å². The molecule has 1 heterocycles. The molecule has 1 saturated heterocycles. The number of rotatable bonds is 4. The van der Waals surface area contributed by atoms with E-state index in [1.165, 1.54) is 6.07 Å². The van der Waals surface area contributed by atoms with Gasteiger partial charge in [0.05, 0.1) is 0 Å². The first-order chi connectivity index (χ1) is 8.16. The van der Waals surface area contributed by atoms with Gasteiger partial charge in [0.15, 0.2) is 0 Å². The van der Waals surface area contributed by atoms with Gasteiger partial charge >= 0.3 is 6.03 Å². The average Bonchev–Trinajstić information content (AvgIpc) is 2.70. The quantitative estimate of drug-likeness (QED) is 0.835. The second-order valence-electron chi connectivity index (χ2n) is 4.11. The van der Waals surface area contributed by atoms with Crippen LogP contribution in [0.25, 0.3) is 0 Å². The summed E-state index contributed by atoms with van der Waals surface area (Å²) in [6, 6.07) is 4.90. The fourth-order valence-corrected chi connectivity index (χ4v) is 1.81. The summed E-state index contributed by atoms with van der Waals surface area (Å²) in [5.41, 5.74) is 1.50. The van der Waals surface area contributed by atoms with Crippen molar-refractivity contribution in [1.29, 1.82) is 0 Å². The average molecular weight is 237 g/mol. The van der Waals surface area contributed by atoms with Crippen molar-refractivity contribution in [2.24, 2.45) is 0 Å². The van der Waals surface area contributed by atoms with Gasteiger partial charge in [-0.3, -0.25) is 0 Å². The van der Waals surface area contributed by atoms with Gasteiger partial charge in [0.1, 0.15) is 5.82 Å². The molecular formula is C12H16FN3O. The van der Waals surface area contributed by atoms with Gasteiger partial charge in [-0.1, -0.05) is 0 Å². The summed E-state index contributed by atoms with van der Waals surface area (Å²) < 4.78 is 13.0. The lowest BCUT2D eigenvalue weighted by atomic mass is 10.2. The molecule has 0 saturated carbocycles. The zero-order valence-corrected chi connectivity index (χ0v) is 9.79. The molecule has 2 N–H and O–H groups in total. The zero-order chi connectivity index (χ0) is 12.3. The molecule has 0 aliphatic carbocycles. The minimum absolute atomic E-state index is 0.0120. The lowest BCUT2D eigenvalue weighted by Gasteiger charge is -2.15. The second kappa shape index (κ2) is 5.03. The number of carbonyl (C=O) groups excluding carboxylic acids is 1.